The molecule has 0 aliphatic carbocycles. The van der Waals surface area contributed by atoms with Gasteiger partial charge in [-0.1, -0.05) is 30.8 Å². The van der Waals surface area contributed by atoms with Crippen molar-refractivity contribution in [3.05, 3.63) is 66.0 Å². The summed E-state index contributed by atoms with van der Waals surface area (Å²) in [7, 11) is -4.51. The number of rotatable bonds is 5. The van der Waals surface area contributed by atoms with E-state index in [1.807, 2.05) is 0 Å². The second kappa shape index (κ2) is 6.60. The normalized spacial score (nSPS) is 13.3. The van der Waals surface area contributed by atoms with Crippen LogP contribution in [0.15, 0.2) is 64.9 Å². The van der Waals surface area contributed by atoms with Crippen LogP contribution in [0.25, 0.3) is 0 Å². The summed E-state index contributed by atoms with van der Waals surface area (Å²) in [6.07, 6.45) is -7.98. The van der Waals surface area contributed by atoms with Crippen molar-refractivity contribution in [1.29, 1.82) is 0 Å². The van der Waals surface area contributed by atoms with Gasteiger partial charge in [0.1, 0.15) is 0 Å². The van der Waals surface area contributed by atoms with Crippen molar-refractivity contribution in [3.8, 4) is 5.88 Å². The fourth-order valence-corrected chi connectivity index (χ4v) is 3.06. The lowest BCUT2D eigenvalue weighted by Gasteiger charge is -2.23. The van der Waals surface area contributed by atoms with Gasteiger partial charge in [0.15, 0.2) is 0 Å². The van der Waals surface area contributed by atoms with Crippen molar-refractivity contribution in [3.63, 3.8) is 0 Å². The molecule has 0 aliphatic heterocycles. The van der Waals surface area contributed by atoms with Gasteiger partial charge in [-0.05, 0) is 18.2 Å². The van der Waals surface area contributed by atoms with E-state index in [-0.39, 0.29) is 4.90 Å². The maximum atomic E-state index is 13.2. The van der Waals surface area contributed by atoms with Gasteiger partial charge in [0, 0.05) is 6.07 Å². The van der Waals surface area contributed by atoms with Crippen molar-refractivity contribution in [2.45, 2.75) is 17.2 Å². The molecule has 1 unspecified atom stereocenters. The molecule has 0 aliphatic rings. The van der Waals surface area contributed by atoms with Crippen LogP contribution in [-0.4, -0.2) is 25.7 Å². The minimum atomic E-state index is -5.09. The van der Waals surface area contributed by atoms with Crippen LogP contribution < -0.4 is 4.74 Å². The molecule has 0 N–H and O–H groups in total. The summed E-state index contributed by atoms with van der Waals surface area (Å²) in [5, 5.41) is 0. The summed E-state index contributed by atoms with van der Waals surface area (Å²) in [6.45, 7) is 3.03. The molecule has 0 amide bonds. The Morgan fingerprint density at radius 1 is 1.08 bits per heavy atom. The van der Waals surface area contributed by atoms with Crippen LogP contribution in [0, 0.1) is 5.95 Å². The van der Waals surface area contributed by atoms with E-state index >= 15 is 0 Å². The van der Waals surface area contributed by atoms with Crippen LogP contribution in [0.2, 0.25) is 0 Å². The molecule has 1 heterocycles. The van der Waals surface area contributed by atoms with E-state index in [1.54, 1.807) is 0 Å². The zero-order chi connectivity index (χ0) is 18.0. The average molecular weight is 361 g/mol. The fraction of sp³-hybridized carbons (Fsp3) is 0.133. The Hall–Kier alpha value is -2.42. The van der Waals surface area contributed by atoms with Crippen LogP contribution in [0.3, 0.4) is 0 Å². The number of pyridine rings is 1. The van der Waals surface area contributed by atoms with Gasteiger partial charge < -0.3 is 4.74 Å². The minimum absolute atomic E-state index is 0.361. The van der Waals surface area contributed by atoms with Crippen LogP contribution in [0.4, 0.5) is 17.6 Å². The first-order chi connectivity index (χ1) is 11.1. The molecule has 0 spiro atoms. The third-order valence-electron chi connectivity index (χ3n) is 2.92. The van der Waals surface area contributed by atoms with Crippen LogP contribution in [0.5, 0.6) is 5.88 Å². The average Bonchev–Trinajstić information content (AvgIpc) is 2.52. The predicted molar refractivity (Wildman–Crippen MR) is 77.4 cm³/mol. The van der Waals surface area contributed by atoms with E-state index in [9.17, 15) is 26.0 Å². The smallest absolute Gasteiger partial charge is 0.430 e. The summed E-state index contributed by atoms with van der Waals surface area (Å²) in [4.78, 5) is 1.56. The van der Waals surface area contributed by atoms with E-state index in [4.69, 9.17) is 0 Å². The maximum absolute atomic E-state index is 13.2. The van der Waals surface area contributed by atoms with Gasteiger partial charge in [-0.25, -0.2) is 8.42 Å². The molecule has 0 saturated heterocycles. The second-order valence-electron chi connectivity index (χ2n) is 4.62. The van der Waals surface area contributed by atoms with Gasteiger partial charge in [0.2, 0.25) is 27.8 Å². The Labute approximate surface area is 135 Å². The Morgan fingerprint density at radius 3 is 2.25 bits per heavy atom. The zero-order valence-corrected chi connectivity index (χ0v) is 12.8. The molecule has 24 heavy (non-hydrogen) atoms. The molecule has 0 bridgehead atoms. The highest BCUT2D eigenvalue weighted by atomic mass is 32.2. The Morgan fingerprint density at radius 2 is 1.71 bits per heavy atom. The molecule has 0 radical (unpaired) electrons. The SMILES string of the molecule is C=C(C(Oc1cccc(F)n1)C(F)(F)F)S(=O)(=O)c1ccccc1. The largest absolute Gasteiger partial charge is 0.459 e. The number of alkyl halides is 3. The first-order valence-corrected chi connectivity index (χ1v) is 7.95. The zero-order valence-electron chi connectivity index (χ0n) is 12.0. The number of halogens is 4. The fourth-order valence-electron chi connectivity index (χ4n) is 1.78. The van der Waals surface area contributed by atoms with E-state index in [1.165, 1.54) is 18.2 Å². The molecular weight excluding hydrogens is 350 g/mol. The highest BCUT2D eigenvalue weighted by Gasteiger charge is 2.48. The summed E-state index contributed by atoms with van der Waals surface area (Å²) < 4.78 is 81.9. The third-order valence-corrected chi connectivity index (χ3v) is 4.71. The summed E-state index contributed by atoms with van der Waals surface area (Å²) in [6, 6.07) is 9.46. The summed E-state index contributed by atoms with van der Waals surface area (Å²) >= 11 is 0. The van der Waals surface area contributed by atoms with Gasteiger partial charge in [-0.3, -0.25) is 0 Å². The number of sulfone groups is 1. The van der Waals surface area contributed by atoms with E-state index < -0.39 is 38.9 Å². The molecular formula is C15H11F4NO3S. The standard InChI is InChI=1S/C15H11F4NO3S/c1-10(24(21,22)11-6-3-2-4-7-11)14(15(17,18)19)23-13-9-5-8-12(16)20-13/h2-9,14H,1H2. The molecule has 128 valence electrons. The number of nitrogens with zero attached hydrogens (tertiary/aromatic N) is 1. The minimum Gasteiger partial charge on any atom is -0.459 e. The third kappa shape index (κ3) is 3.91. The molecule has 2 aromatic rings. The molecule has 4 nitrogen and oxygen atoms in total. The van der Waals surface area contributed by atoms with Crippen molar-refractivity contribution in [2.75, 3.05) is 0 Å². The quantitative estimate of drug-likeness (QED) is 0.604. The number of hydrogen-bond donors (Lipinski definition) is 0. The number of ether oxygens (including phenoxy) is 1. The van der Waals surface area contributed by atoms with Gasteiger partial charge >= 0.3 is 6.18 Å². The van der Waals surface area contributed by atoms with E-state index in [0.29, 0.717) is 0 Å². The van der Waals surface area contributed by atoms with Crippen molar-refractivity contribution in [2.24, 2.45) is 0 Å². The second-order valence-corrected chi connectivity index (χ2v) is 6.62. The Bertz CT molecular complexity index is 835. The summed E-state index contributed by atoms with van der Waals surface area (Å²) in [5.41, 5.74) is 0. The molecule has 0 saturated carbocycles. The molecule has 1 aromatic carbocycles. The molecule has 1 atom stereocenters. The maximum Gasteiger partial charge on any atom is 0.430 e. The van der Waals surface area contributed by atoms with Crippen LogP contribution >= 0.6 is 0 Å². The topological polar surface area (TPSA) is 56.3 Å². The van der Waals surface area contributed by atoms with Gasteiger partial charge in [-0.2, -0.15) is 22.5 Å². The van der Waals surface area contributed by atoms with Crippen LogP contribution in [0.1, 0.15) is 0 Å². The summed E-state index contributed by atoms with van der Waals surface area (Å²) in [5.74, 6) is -1.77. The molecule has 2 rings (SSSR count). The highest BCUT2D eigenvalue weighted by Crippen LogP contribution is 2.33. The first-order valence-electron chi connectivity index (χ1n) is 6.47. The van der Waals surface area contributed by atoms with Gasteiger partial charge in [-0.15, -0.1) is 0 Å². The monoisotopic (exact) mass is 361 g/mol. The lowest BCUT2D eigenvalue weighted by molar-refractivity contribution is -0.182. The van der Waals surface area contributed by atoms with E-state index in [2.05, 4.69) is 16.3 Å². The number of aromatic nitrogens is 1. The molecule has 9 heteroatoms. The Balaban J connectivity index is 2.40. The Kier molecular flexibility index (Phi) is 4.93. The van der Waals surface area contributed by atoms with Gasteiger partial charge in [0.25, 0.3) is 0 Å². The lowest BCUT2D eigenvalue weighted by atomic mass is 10.3. The molecule has 0 fully saturated rings. The first kappa shape index (κ1) is 17.9. The van der Waals surface area contributed by atoms with Crippen molar-refractivity contribution >= 4 is 9.84 Å². The van der Waals surface area contributed by atoms with E-state index in [0.717, 1.165) is 30.3 Å². The lowest BCUT2D eigenvalue weighted by Crippen LogP contribution is -2.38. The van der Waals surface area contributed by atoms with Crippen LogP contribution in [-0.2, 0) is 9.84 Å². The van der Waals surface area contributed by atoms with Gasteiger partial charge in [0.05, 0.1) is 9.80 Å². The molecule has 1 aromatic heterocycles. The predicted octanol–water partition coefficient (Wildman–Crippen LogP) is 3.52. The van der Waals surface area contributed by atoms with Crippen molar-refractivity contribution in [1.82, 2.24) is 4.98 Å². The van der Waals surface area contributed by atoms with Crippen molar-refractivity contribution < 1.29 is 30.7 Å². The number of benzene rings is 1. The highest BCUT2D eigenvalue weighted by molar-refractivity contribution is 7.95. The number of hydrogen-bond acceptors (Lipinski definition) is 4.